The third-order valence-electron chi connectivity index (χ3n) is 3.19. The zero-order valence-electron chi connectivity index (χ0n) is 10.4. The van der Waals surface area contributed by atoms with Gasteiger partial charge in [-0.1, -0.05) is 11.6 Å². The van der Waals surface area contributed by atoms with Crippen molar-refractivity contribution in [3.8, 4) is 0 Å². The topological polar surface area (TPSA) is 15.3 Å². The van der Waals surface area contributed by atoms with Crippen molar-refractivity contribution in [3.63, 3.8) is 0 Å². The first kappa shape index (κ1) is 12.7. The Kier molecular flexibility index (Phi) is 3.32. The minimum atomic E-state index is -0.248. The fourth-order valence-electron chi connectivity index (χ4n) is 2.21. The van der Waals surface area contributed by atoms with Crippen LogP contribution < -0.4 is 10.2 Å². The van der Waals surface area contributed by atoms with Crippen LogP contribution in [0.3, 0.4) is 0 Å². The summed E-state index contributed by atoms with van der Waals surface area (Å²) in [4.78, 5) is 2.10. The predicted molar refractivity (Wildman–Crippen MR) is 70.3 cm³/mol. The van der Waals surface area contributed by atoms with E-state index in [-0.39, 0.29) is 17.4 Å². The lowest BCUT2D eigenvalue weighted by Gasteiger charge is -2.44. The smallest absolute Gasteiger partial charge is 0.147 e. The first-order chi connectivity index (χ1) is 7.89. The average molecular weight is 257 g/mol. The average Bonchev–Trinajstić information content (AvgIpc) is 2.22. The molecule has 1 saturated heterocycles. The van der Waals surface area contributed by atoms with Gasteiger partial charge in [0.2, 0.25) is 0 Å². The molecule has 1 fully saturated rings. The molecule has 1 aliphatic rings. The Morgan fingerprint density at radius 1 is 1.47 bits per heavy atom. The van der Waals surface area contributed by atoms with Crippen molar-refractivity contribution in [1.29, 1.82) is 0 Å². The molecular weight excluding hydrogens is 239 g/mol. The van der Waals surface area contributed by atoms with Crippen LogP contribution in [-0.4, -0.2) is 24.7 Å². The molecule has 17 heavy (non-hydrogen) atoms. The SMILES string of the molecule is CC1CNC(C)(C)CN1c1ccc(Cl)cc1F. The van der Waals surface area contributed by atoms with Gasteiger partial charge in [-0.25, -0.2) is 4.39 Å². The second-order valence-corrected chi connectivity index (χ2v) is 5.77. The van der Waals surface area contributed by atoms with E-state index in [0.717, 1.165) is 13.1 Å². The van der Waals surface area contributed by atoms with Crippen LogP contribution in [0, 0.1) is 5.82 Å². The summed E-state index contributed by atoms with van der Waals surface area (Å²) < 4.78 is 13.9. The third-order valence-corrected chi connectivity index (χ3v) is 3.43. The summed E-state index contributed by atoms with van der Waals surface area (Å²) in [7, 11) is 0. The molecule has 1 aromatic carbocycles. The Morgan fingerprint density at radius 2 is 2.18 bits per heavy atom. The Morgan fingerprint density at radius 3 is 2.82 bits per heavy atom. The molecule has 1 aromatic rings. The molecule has 4 heteroatoms. The van der Waals surface area contributed by atoms with Gasteiger partial charge in [-0.15, -0.1) is 0 Å². The highest BCUT2D eigenvalue weighted by Crippen LogP contribution is 2.27. The van der Waals surface area contributed by atoms with E-state index in [1.165, 1.54) is 6.07 Å². The number of nitrogens with zero attached hydrogens (tertiary/aromatic N) is 1. The predicted octanol–water partition coefficient (Wildman–Crippen LogP) is 3.06. The van der Waals surface area contributed by atoms with Gasteiger partial charge in [-0.3, -0.25) is 0 Å². The number of halogens is 2. The molecule has 1 atom stereocenters. The van der Waals surface area contributed by atoms with Crippen LogP contribution in [0.5, 0.6) is 0 Å². The maximum Gasteiger partial charge on any atom is 0.147 e. The normalized spacial score (nSPS) is 23.8. The molecule has 94 valence electrons. The summed E-state index contributed by atoms with van der Waals surface area (Å²) in [6.45, 7) is 7.98. The van der Waals surface area contributed by atoms with Crippen molar-refractivity contribution in [2.24, 2.45) is 0 Å². The van der Waals surface area contributed by atoms with Crippen molar-refractivity contribution in [1.82, 2.24) is 5.32 Å². The van der Waals surface area contributed by atoms with Crippen LogP contribution in [0.2, 0.25) is 5.02 Å². The first-order valence-corrected chi connectivity index (χ1v) is 6.23. The van der Waals surface area contributed by atoms with Gasteiger partial charge in [0.25, 0.3) is 0 Å². The standard InChI is InChI=1S/C13H18ClFN2/c1-9-7-16-13(2,3)8-17(9)12-5-4-10(14)6-11(12)15/h4-6,9,16H,7-8H2,1-3H3. The number of anilines is 1. The number of rotatable bonds is 1. The molecule has 1 N–H and O–H groups in total. The maximum absolute atomic E-state index is 13.9. The molecule has 0 aliphatic carbocycles. The van der Waals surface area contributed by atoms with E-state index in [9.17, 15) is 4.39 Å². The van der Waals surface area contributed by atoms with Crippen molar-refractivity contribution in [2.75, 3.05) is 18.0 Å². The Labute approximate surface area is 107 Å². The van der Waals surface area contributed by atoms with E-state index in [1.807, 2.05) is 0 Å². The summed E-state index contributed by atoms with van der Waals surface area (Å²) in [5, 5.41) is 3.89. The fourth-order valence-corrected chi connectivity index (χ4v) is 2.37. The van der Waals surface area contributed by atoms with Crippen molar-refractivity contribution in [2.45, 2.75) is 32.4 Å². The fraction of sp³-hybridized carbons (Fsp3) is 0.538. The van der Waals surface area contributed by atoms with Gasteiger partial charge in [-0.2, -0.15) is 0 Å². The van der Waals surface area contributed by atoms with Crippen LogP contribution in [0.15, 0.2) is 18.2 Å². The van der Waals surface area contributed by atoms with Crippen molar-refractivity contribution in [3.05, 3.63) is 29.0 Å². The van der Waals surface area contributed by atoms with Crippen LogP contribution in [0.25, 0.3) is 0 Å². The molecule has 0 bridgehead atoms. The van der Waals surface area contributed by atoms with E-state index in [1.54, 1.807) is 12.1 Å². The molecule has 1 heterocycles. The van der Waals surface area contributed by atoms with Crippen LogP contribution in [0.4, 0.5) is 10.1 Å². The largest absolute Gasteiger partial charge is 0.363 e. The van der Waals surface area contributed by atoms with Gasteiger partial charge in [0, 0.05) is 29.7 Å². The van der Waals surface area contributed by atoms with Crippen LogP contribution in [0.1, 0.15) is 20.8 Å². The number of nitrogens with one attached hydrogen (secondary N) is 1. The second-order valence-electron chi connectivity index (χ2n) is 5.34. The van der Waals surface area contributed by atoms with Gasteiger partial charge in [-0.05, 0) is 39.0 Å². The molecule has 0 aromatic heterocycles. The minimum absolute atomic E-state index is 0.00140. The number of hydrogen-bond acceptors (Lipinski definition) is 2. The zero-order valence-corrected chi connectivity index (χ0v) is 11.2. The van der Waals surface area contributed by atoms with Crippen molar-refractivity contribution >= 4 is 17.3 Å². The van der Waals surface area contributed by atoms with E-state index in [4.69, 9.17) is 11.6 Å². The molecular formula is C13H18ClFN2. The summed E-state index contributed by atoms with van der Waals surface area (Å²) in [6.07, 6.45) is 0. The molecule has 0 radical (unpaired) electrons. The van der Waals surface area contributed by atoms with E-state index < -0.39 is 0 Å². The summed E-state index contributed by atoms with van der Waals surface area (Å²) >= 11 is 5.78. The first-order valence-electron chi connectivity index (χ1n) is 5.86. The monoisotopic (exact) mass is 256 g/mol. The lowest BCUT2D eigenvalue weighted by molar-refractivity contribution is 0.316. The Balaban J connectivity index is 2.31. The van der Waals surface area contributed by atoms with Gasteiger partial charge in [0.1, 0.15) is 5.82 Å². The summed E-state index contributed by atoms with van der Waals surface area (Å²) in [6, 6.07) is 5.15. The van der Waals surface area contributed by atoms with E-state index in [2.05, 4.69) is 31.0 Å². The van der Waals surface area contributed by atoms with Crippen LogP contribution in [-0.2, 0) is 0 Å². The molecule has 1 unspecified atom stereocenters. The molecule has 1 aliphatic heterocycles. The maximum atomic E-state index is 13.9. The summed E-state index contributed by atoms with van der Waals surface area (Å²) in [5.41, 5.74) is 0.634. The highest BCUT2D eigenvalue weighted by atomic mass is 35.5. The highest BCUT2D eigenvalue weighted by molar-refractivity contribution is 6.30. The van der Waals surface area contributed by atoms with E-state index in [0.29, 0.717) is 10.7 Å². The number of hydrogen-bond donors (Lipinski definition) is 1. The van der Waals surface area contributed by atoms with Gasteiger partial charge in [0.05, 0.1) is 5.69 Å². The Hall–Kier alpha value is -0.800. The minimum Gasteiger partial charge on any atom is -0.363 e. The molecule has 0 amide bonds. The third kappa shape index (κ3) is 2.72. The number of piperazine rings is 1. The van der Waals surface area contributed by atoms with Gasteiger partial charge < -0.3 is 10.2 Å². The highest BCUT2D eigenvalue weighted by Gasteiger charge is 2.31. The molecule has 2 nitrogen and oxygen atoms in total. The second kappa shape index (κ2) is 4.46. The molecule has 0 saturated carbocycles. The molecule has 0 spiro atoms. The van der Waals surface area contributed by atoms with Crippen LogP contribution >= 0.6 is 11.6 Å². The van der Waals surface area contributed by atoms with E-state index >= 15 is 0 Å². The lowest BCUT2D eigenvalue weighted by Crippen LogP contribution is -2.61. The molecule has 2 rings (SSSR count). The summed E-state index contributed by atoms with van der Waals surface area (Å²) in [5.74, 6) is -0.248. The lowest BCUT2D eigenvalue weighted by atomic mass is 9.98. The number of benzene rings is 1. The Bertz CT molecular complexity index is 420. The van der Waals surface area contributed by atoms with Crippen molar-refractivity contribution < 1.29 is 4.39 Å². The zero-order chi connectivity index (χ0) is 12.6. The van der Waals surface area contributed by atoms with Gasteiger partial charge in [0.15, 0.2) is 0 Å². The quantitative estimate of drug-likeness (QED) is 0.831. The van der Waals surface area contributed by atoms with Gasteiger partial charge >= 0.3 is 0 Å².